The van der Waals surface area contributed by atoms with Crippen LogP contribution in [0.2, 0.25) is 0 Å². The van der Waals surface area contributed by atoms with Gasteiger partial charge in [-0.3, -0.25) is 9.97 Å². The summed E-state index contributed by atoms with van der Waals surface area (Å²) < 4.78 is 0. The molecule has 2 aromatic heterocycles. The zero-order valence-corrected chi connectivity index (χ0v) is 12.8. The Hall–Kier alpha value is -3.04. The summed E-state index contributed by atoms with van der Waals surface area (Å²) in [6, 6.07) is 21.7. The zero-order chi connectivity index (χ0) is 16.1. The molecule has 3 heteroatoms. The van der Waals surface area contributed by atoms with Gasteiger partial charge in [0.15, 0.2) is 0 Å². The van der Waals surface area contributed by atoms with Crippen molar-refractivity contribution < 1.29 is 5.11 Å². The summed E-state index contributed by atoms with van der Waals surface area (Å²) in [7, 11) is 0. The van der Waals surface area contributed by atoms with Crippen LogP contribution in [-0.4, -0.2) is 15.1 Å². The van der Waals surface area contributed by atoms with Gasteiger partial charge in [-0.15, -0.1) is 0 Å². The van der Waals surface area contributed by atoms with E-state index in [0.717, 1.165) is 38.9 Å². The maximum Gasteiger partial charge on any atom is 0.145 e. The average molecular weight is 310 g/mol. The third-order valence-corrected chi connectivity index (χ3v) is 4.80. The Morgan fingerprint density at radius 1 is 0.625 bits per heavy atom. The van der Waals surface area contributed by atoms with Gasteiger partial charge in [0.25, 0.3) is 0 Å². The van der Waals surface area contributed by atoms with E-state index in [4.69, 9.17) is 0 Å². The summed E-state index contributed by atoms with van der Waals surface area (Å²) in [6.07, 6.45) is 3.48. The first kappa shape index (κ1) is 13.4. The molecule has 3 nitrogen and oxygen atoms in total. The second kappa shape index (κ2) is 4.73. The molecule has 1 aliphatic rings. The van der Waals surface area contributed by atoms with Crippen LogP contribution in [0.4, 0.5) is 0 Å². The second-order valence-electron chi connectivity index (χ2n) is 6.04. The van der Waals surface area contributed by atoms with E-state index >= 15 is 0 Å². The average Bonchev–Trinajstić information content (AvgIpc) is 2.92. The molecule has 0 radical (unpaired) electrons. The first-order valence-corrected chi connectivity index (χ1v) is 7.92. The van der Waals surface area contributed by atoms with Crippen LogP contribution in [0.25, 0.3) is 22.2 Å². The number of aliphatic hydroxyl groups is 1. The van der Waals surface area contributed by atoms with Crippen molar-refractivity contribution in [2.45, 2.75) is 5.60 Å². The maximum atomic E-state index is 11.9. The topological polar surface area (TPSA) is 46.0 Å². The predicted molar refractivity (Wildman–Crippen MR) is 93.5 cm³/mol. The summed E-state index contributed by atoms with van der Waals surface area (Å²) in [4.78, 5) is 8.96. The molecule has 114 valence electrons. The van der Waals surface area contributed by atoms with E-state index in [9.17, 15) is 5.11 Å². The molecule has 0 bridgehead atoms. The van der Waals surface area contributed by atoms with Crippen LogP contribution in [0.3, 0.4) is 0 Å². The van der Waals surface area contributed by atoms with E-state index in [1.54, 1.807) is 12.4 Å². The Labute approximate surface area is 139 Å². The van der Waals surface area contributed by atoms with Gasteiger partial charge >= 0.3 is 0 Å². The normalized spacial score (nSPS) is 14.4. The smallest absolute Gasteiger partial charge is 0.145 e. The van der Waals surface area contributed by atoms with Gasteiger partial charge in [-0.05, 0) is 22.9 Å². The van der Waals surface area contributed by atoms with Gasteiger partial charge in [0.05, 0.1) is 11.4 Å². The van der Waals surface area contributed by atoms with Crippen LogP contribution in [-0.2, 0) is 5.60 Å². The molecule has 0 saturated heterocycles. The van der Waals surface area contributed by atoms with Crippen LogP contribution in [0.1, 0.15) is 16.7 Å². The van der Waals surface area contributed by atoms with Crippen molar-refractivity contribution in [1.29, 1.82) is 0 Å². The monoisotopic (exact) mass is 310 g/mol. The lowest BCUT2D eigenvalue weighted by Gasteiger charge is -2.27. The van der Waals surface area contributed by atoms with E-state index in [0.29, 0.717) is 0 Å². The lowest BCUT2D eigenvalue weighted by atomic mass is 9.82. The number of benzene rings is 2. The molecule has 2 heterocycles. The molecule has 1 aliphatic carbocycles. The first-order chi connectivity index (χ1) is 11.8. The molecule has 1 N–H and O–H groups in total. The molecule has 5 rings (SSSR count). The number of fused-ring (bicyclic) bond motifs is 4. The van der Waals surface area contributed by atoms with E-state index in [2.05, 4.69) is 22.1 Å². The summed E-state index contributed by atoms with van der Waals surface area (Å²) >= 11 is 0. The predicted octanol–water partition coefficient (Wildman–Crippen LogP) is 3.89. The number of hydrogen-bond donors (Lipinski definition) is 1. The number of aromatic nitrogens is 2. The van der Waals surface area contributed by atoms with Crippen molar-refractivity contribution >= 4 is 10.8 Å². The third kappa shape index (κ3) is 1.59. The Morgan fingerprint density at radius 2 is 1.21 bits per heavy atom. The largest absolute Gasteiger partial charge is 0.376 e. The number of hydrogen-bond acceptors (Lipinski definition) is 3. The minimum absolute atomic E-state index is 0.753. The lowest BCUT2D eigenvalue weighted by molar-refractivity contribution is 0.132. The van der Waals surface area contributed by atoms with Crippen molar-refractivity contribution in [3.8, 4) is 11.4 Å². The summed E-state index contributed by atoms with van der Waals surface area (Å²) in [5, 5.41) is 14.0. The highest BCUT2D eigenvalue weighted by atomic mass is 16.3. The highest BCUT2D eigenvalue weighted by molar-refractivity contribution is 5.90. The summed E-state index contributed by atoms with van der Waals surface area (Å²) in [5.41, 5.74) is 2.70. The molecular weight excluding hydrogens is 296 g/mol. The maximum absolute atomic E-state index is 11.9. The quantitative estimate of drug-likeness (QED) is 0.580. The van der Waals surface area contributed by atoms with Gasteiger partial charge in [0, 0.05) is 29.1 Å². The Balaban J connectivity index is 1.93. The van der Waals surface area contributed by atoms with Crippen molar-refractivity contribution in [2.24, 2.45) is 0 Å². The molecule has 0 spiro atoms. The van der Waals surface area contributed by atoms with Crippen molar-refractivity contribution in [2.75, 3.05) is 0 Å². The van der Waals surface area contributed by atoms with Crippen molar-refractivity contribution in [3.05, 3.63) is 95.8 Å². The fourth-order valence-corrected chi connectivity index (χ4v) is 3.75. The molecule has 0 saturated carbocycles. The highest BCUT2D eigenvalue weighted by Gasteiger charge is 2.45. The van der Waals surface area contributed by atoms with Crippen LogP contribution >= 0.6 is 0 Å². The van der Waals surface area contributed by atoms with Crippen LogP contribution in [0.5, 0.6) is 0 Å². The molecule has 2 aromatic carbocycles. The van der Waals surface area contributed by atoms with E-state index in [1.165, 1.54) is 0 Å². The second-order valence-corrected chi connectivity index (χ2v) is 6.04. The van der Waals surface area contributed by atoms with Gasteiger partial charge in [-0.2, -0.15) is 0 Å². The van der Waals surface area contributed by atoms with Gasteiger partial charge in [-0.25, -0.2) is 0 Å². The van der Waals surface area contributed by atoms with Crippen molar-refractivity contribution in [3.63, 3.8) is 0 Å². The standard InChI is InChI=1S/C21H14N2O/c24-21(16-9-3-7-14-6-1-2-8-15(14)16)17-10-4-12-22-19(17)20-18(21)11-5-13-23-20/h1-13,24H. The van der Waals surface area contributed by atoms with Gasteiger partial charge in [-0.1, -0.05) is 54.6 Å². The van der Waals surface area contributed by atoms with E-state index in [-0.39, 0.29) is 0 Å². The van der Waals surface area contributed by atoms with Crippen LogP contribution < -0.4 is 0 Å². The minimum Gasteiger partial charge on any atom is -0.376 e. The van der Waals surface area contributed by atoms with Gasteiger partial charge in [0.2, 0.25) is 0 Å². The van der Waals surface area contributed by atoms with Crippen LogP contribution in [0, 0.1) is 0 Å². The Kier molecular flexibility index (Phi) is 2.64. The van der Waals surface area contributed by atoms with E-state index in [1.807, 2.05) is 54.6 Å². The number of nitrogens with zero attached hydrogens (tertiary/aromatic N) is 2. The molecule has 0 fully saturated rings. The molecular formula is C21H14N2O. The lowest BCUT2D eigenvalue weighted by Crippen LogP contribution is -2.26. The fourth-order valence-electron chi connectivity index (χ4n) is 3.75. The van der Waals surface area contributed by atoms with Gasteiger partial charge < -0.3 is 5.11 Å². The number of pyridine rings is 2. The SMILES string of the molecule is OC1(c2cccc3ccccc23)c2cccnc2-c2ncccc21. The zero-order valence-electron chi connectivity index (χ0n) is 12.8. The van der Waals surface area contributed by atoms with Crippen molar-refractivity contribution in [1.82, 2.24) is 9.97 Å². The molecule has 0 amide bonds. The minimum atomic E-state index is -1.24. The Bertz CT molecular complexity index is 1040. The summed E-state index contributed by atoms with van der Waals surface area (Å²) in [5.74, 6) is 0. The Morgan fingerprint density at radius 3 is 1.92 bits per heavy atom. The fraction of sp³-hybridized carbons (Fsp3) is 0.0476. The molecule has 0 atom stereocenters. The van der Waals surface area contributed by atoms with E-state index < -0.39 is 5.60 Å². The third-order valence-electron chi connectivity index (χ3n) is 4.80. The highest BCUT2D eigenvalue weighted by Crippen LogP contribution is 2.50. The first-order valence-electron chi connectivity index (χ1n) is 7.92. The molecule has 24 heavy (non-hydrogen) atoms. The van der Waals surface area contributed by atoms with Crippen LogP contribution in [0.15, 0.2) is 79.1 Å². The number of rotatable bonds is 1. The van der Waals surface area contributed by atoms with Gasteiger partial charge in [0.1, 0.15) is 5.60 Å². The molecule has 0 unspecified atom stereocenters. The summed E-state index contributed by atoms with van der Waals surface area (Å²) in [6.45, 7) is 0. The molecule has 0 aliphatic heterocycles. The molecule has 4 aromatic rings.